The summed E-state index contributed by atoms with van der Waals surface area (Å²) in [4.78, 5) is 16.9. The van der Waals surface area contributed by atoms with Crippen molar-refractivity contribution in [2.75, 3.05) is 26.7 Å². The Kier molecular flexibility index (Phi) is 4.99. The topological polar surface area (TPSA) is 57.4 Å². The first kappa shape index (κ1) is 14.1. The molecule has 0 radical (unpaired) electrons. The van der Waals surface area contributed by atoms with Gasteiger partial charge in [-0.05, 0) is 31.5 Å². The Morgan fingerprint density at radius 1 is 1.53 bits per heavy atom. The van der Waals surface area contributed by atoms with Crippen LogP contribution in [0.1, 0.15) is 35.9 Å². The molecule has 1 saturated carbocycles. The lowest BCUT2D eigenvalue weighted by Gasteiger charge is -2.19. The standard InChI is InChI=1S/C14H23N3O2/c1-3-17(12-5-6-12)9-8-15-10-11-4-7-13(16-11)14(18)19-2/h4,7,12,15-16H,3,5-6,8-10H2,1-2H3. The van der Waals surface area contributed by atoms with Gasteiger partial charge in [-0.1, -0.05) is 6.92 Å². The van der Waals surface area contributed by atoms with Crippen LogP contribution in [0.4, 0.5) is 0 Å². The van der Waals surface area contributed by atoms with Crippen molar-refractivity contribution in [3.8, 4) is 0 Å². The third-order valence-electron chi connectivity index (χ3n) is 3.51. The van der Waals surface area contributed by atoms with Crippen LogP contribution in [0.5, 0.6) is 0 Å². The van der Waals surface area contributed by atoms with Gasteiger partial charge in [0.1, 0.15) is 5.69 Å². The molecule has 1 heterocycles. The molecule has 5 heteroatoms. The monoisotopic (exact) mass is 265 g/mol. The number of methoxy groups -OCH3 is 1. The van der Waals surface area contributed by atoms with E-state index in [1.165, 1.54) is 20.0 Å². The molecule has 5 nitrogen and oxygen atoms in total. The third-order valence-corrected chi connectivity index (χ3v) is 3.51. The molecular weight excluding hydrogens is 242 g/mol. The van der Waals surface area contributed by atoms with Gasteiger partial charge in [0, 0.05) is 31.4 Å². The van der Waals surface area contributed by atoms with Gasteiger partial charge < -0.3 is 15.0 Å². The van der Waals surface area contributed by atoms with Gasteiger partial charge in [0.05, 0.1) is 7.11 Å². The van der Waals surface area contributed by atoms with Gasteiger partial charge in [0.15, 0.2) is 0 Å². The molecule has 2 N–H and O–H groups in total. The zero-order valence-corrected chi connectivity index (χ0v) is 11.7. The van der Waals surface area contributed by atoms with Crippen molar-refractivity contribution < 1.29 is 9.53 Å². The molecule has 0 aliphatic heterocycles. The van der Waals surface area contributed by atoms with Gasteiger partial charge >= 0.3 is 5.97 Å². The molecule has 2 rings (SSSR count). The molecule has 106 valence electrons. The lowest BCUT2D eigenvalue weighted by atomic mass is 10.4. The highest BCUT2D eigenvalue weighted by Crippen LogP contribution is 2.25. The molecule has 19 heavy (non-hydrogen) atoms. The SMILES string of the molecule is CCN(CCNCc1ccc(C(=O)OC)[nH]1)C1CC1. The molecule has 0 unspecified atom stereocenters. The number of rotatable bonds is 8. The Bertz CT molecular complexity index is 413. The van der Waals surface area contributed by atoms with Crippen LogP contribution in [-0.2, 0) is 11.3 Å². The van der Waals surface area contributed by atoms with Crippen LogP contribution < -0.4 is 5.32 Å². The molecule has 0 atom stereocenters. The minimum atomic E-state index is -0.322. The fourth-order valence-electron chi connectivity index (χ4n) is 2.26. The van der Waals surface area contributed by atoms with E-state index in [1.54, 1.807) is 6.07 Å². The number of hydrogen-bond acceptors (Lipinski definition) is 4. The summed E-state index contributed by atoms with van der Waals surface area (Å²) in [5.41, 5.74) is 1.52. The maximum atomic E-state index is 11.3. The van der Waals surface area contributed by atoms with Crippen LogP contribution in [0.3, 0.4) is 0 Å². The summed E-state index contributed by atoms with van der Waals surface area (Å²) >= 11 is 0. The quantitative estimate of drug-likeness (QED) is 0.551. The second kappa shape index (κ2) is 6.73. The summed E-state index contributed by atoms with van der Waals surface area (Å²) in [6.07, 6.45) is 2.71. The minimum Gasteiger partial charge on any atom is -0.464 e. The van der Waals surface area contributed by atoms with Crippen molar-refractivity contribution in [1.29, 1.82) is 0 Å². The third kappa shape index (κ3) is 4.08. The Labute approximate surface area is 114 Å². The van der Waals surface area contributed by atoms with Crippen molar-refractivity contribution in [1.82, 2.24) is 15.2 Å². The summed E-state index contributed by atoms with van der Waals surface area (Å²) in [7, 11) is 1.39. The van der Waals surface area contributed by atoms with Crippen LogP contribution >= 0.6 is 0 Å². The van der Waals surface area contributed by atoms with E-state index in [4.69, 9.17) is 0 Å². The van der Waals surface area contributed by atoms with E-state index in [0.29, 0.717) is 5.69 Å². The number of esters is 1. The fourth-order valence-corrected chi connectivity index (χ4v) is 2.26. The summed E-state index contributed by atoms with van der Waals surface area (Å²) in [6, 6.07) is 4.49. The predicted molar refractivity (Wildman–Crippen MR) is 74.1 cm³/mol. The zero-order valence-electron chi connectivity index (χ0n) is 11.7. The van der Waals surface area contributed by atoms with Gasteiger partial charge in [-0.3, -0.25) is 4.90 Å². The first-order valence-electron chi connectivity index (χ1n) is 6.95. The van der Waals surface area contributed by atoms with E-state index < -0.39 is 0 Å². The Morgan fingerprint density at radius 2 is 2.32 bits per heavy atom. The van der Waals surface area contributed by atoms with Crippen molar-refractivity contribution in [3.05, 3.63) is 23.5 Å². The number of carbonyl (C=O) groups is 1. The second-order valence-corrected chi connectivity index (χ2v) is 4.93. The average Bonchev–Trinajstić information content (AvgIpc) is 3.16. The maximum absolute atomic E-state index is 11.3. The van der Waals surface area contributed by atoms with Crippen molar-refractivity contribution >= 4 is 5.97 Å². The van der Waals surface area contributed by atoms with Gasteiger partial charge in [-0.25, -0.2) is 4.79 Å². The molecule has 1 aliphatic carbocycles. The van der Waals surface area contributed by atoms with Crippen LogP contribution in [-0.4, -0.2) is 48.6 Å². The summed E-state index contributed by atoms with van der Waals surface area (Å²) in [5.74, 6) is -0.322. The number of nitrogens with one attached hydrogen (secondary N) is 2. The first-order chi connectivity index (χ1) is 9.24. The molecule has 1 aromatic heterocycles. The van der Waals surface area contributed by atoms with Crippen molar-refractivity contribution in [2.24, 2.45) is 0 Å². The van der Waals surface area contributed by atoms with Crippen molar-refractivity contribution in [3.63, 3.8) is 0 Å². The summed E-state index contributed by atoms with van der Waals surface area (Å²) in [6.45, 7) is 6.15. The number of H-pyrrole nitrogens is 1. The number of aromatic amines is 1. The fraction of sp³-hybridized carbons (Fsp3) is 0.643. The number of ether oxygens (including phenoxy) is 1. The number of likely N-dealkylation sites (N-methyl/N-ethyl adjacent to an activating group) is 1. The highest BCUT2D eigenvalue weighted by Gasteiger charge is 2.26. The molecule has 0 amide bonds. The second-order valence-electron chi connectivity index (χ2n) is 4.93. The van der Waals surface area contributed by atoms with E-state index >= 15 is 0 Å². The molecule has 0 saturated heterocycles. The lowest BCUT2D eigenvalue weighted by Crippen LogP contribution is -2.33. The minimum absolute atomic E-state index is 0.322. The van der Waals surface area contributed by atoms with Crippen LogP contribution in [0.25, 0.3) is 0 Å². The molecule has 0 aromatic carbocycles. The number of aromatic nitrogens is 1. The van der Waals surface area contributed by atoms with Gasteiger partial charge in [0.25, 0.3) is 0 Å². The first-order valence-corrected chi connectivity index (χ1v) is 6.95. The summed E-state index contributed by atoms with van der Waals surface area (Å²) < 4.78 is 4.66. The molecule has 1 aliphatic rings. The Hall–Kier alpha value is -1.33. The zero-order chi connectivity index (χ0) is 13.7. The molecule has 1 fully saturated rings. The van der Waals surface area contributed by atoms with Gasteiger partial charge in [-0.2, -0.15) is 0 Å². The van der Waals surface area contributed by atoms with Gasteiger partial charge in [-0.15, -0.1) is 0 Å². The Balaban J connectivity index is 1.67. The highest BCUT2D eigenvalue weighted by atomic mass is 16.5. The van der Waals surface area contributed by atoms with Crippen molar-refractivity contribution in [2.45, 2.75) is 32.4 Å². The highest BCUT2D eigenvalue weighted by molar-refractivity contribution is 5.87. The average molecular weight is 265 g/mol. The Morgan fingerprint density at radius 3 is 2.95 bits per heavy atom. The summed E-state index contributed by atoms with van der Waals surface area (Å²) in [5, 5.41) is 3.39. The number of hydrogen-bond donors (Lipinski definition) is 2. The van der Waals surface area contributed by atoms with Gasteiger partial charge in [0.2, 0.25) is 0 Å². The van der Waals surface area contributed by atoms with Crippen LogP contribution in [0.15, 0.2) is 12.1 Å². The normalized spacial score (nSPS) is 14.9. The van der Waals surface area contributed by atoms with Crippen LogP contribution in [0, 0.1) is 0 Å². The van der Waals surface area contributed by atoms with Crippen LogP contribution in [0.2, 0.25) is 0 Å². The van der Waals surface area contributed by atoms with E-state index in [2.05, 4.69) is 26.9 Å². The van der Waals surface area contributed by atoms with E-state index in [1.807, 2.05) is 6.07 Å². The predicted octanol–water partition coefficient (Wildman–Crippen LogP) is 1.38. The maximum Gasteiger partial charge on any atom is 0.354 e. The lowest BCUT2D eigenvalue weighted by molar-refractivity contribution is 0.0594. The largest absolute Gasteiger partial charge is 0.464 e. The molecule has 1 aromatic rings. The number of nitrogens with zero attached hydrogens (tertiary/aromatic N) is 1. The van der Waals surface area contributed by atoms with E-state index in [-0.39, 0.29) is 5.97 Å². The number of carbonyl (C=O) groups excluding carboxylic acids is 1. The smallest absolute Gasteiger partial charge is 0.354 e. The van der Waals surface area contributed by atoms with E-state index in [9.17, 15) is 4.79 Å². The molecule has 0 spiro atoms. The molecule has 0 bridgehead atoms. The molecular formula is C14H23N3O2. The van der Waals surface area contributed by atoms with E-state index in [0.717, 1.165) is 37.9 Å².